The minimum atomic E-state index is -1.81. The van der Waals surface area contributed by atoms with Crippen LogP contribution in [-0.2, 0) is 80.9 Å². The number of aliphatic hydroxyl groups is 2. The molecule has 2 aliphatic heterocycles. The van der Waals surface area contributed by atoms with Gasteiger partial charge in [0.05, 0.1) is 12.2 Å². The number of esters is 7. The Labute approximate surface area is 302 Å². The summed E-state index contributed by atoms with van der Waals surface area (Å²) in [6.07, 6.45) is -16.7. The molecule has 21 heteroatoms. The van der Waals surface area contributed by atoms with Gasteiger partial charge in [-0.05, 0) is 0 Å². The summed E-state index contributed by atoms with van der Waals surface area (Å²) in [6, 6.07) is 0. The molecule has 0 aromatic rings. The van der Waals surface area contributed by atoms with Gasteiger partial charge < -0.3 is 57.6 Å². The molecule has 0 bridgehead atoms. The summed E-state index contributed by atoms with van der Waals surface area (Å²) in [6.45, 7) is 6.23. The first-order valence-electron chi connectivity index (χ1n) is 15.5. The first-order chi connectivity index (χ1) is 23.8. The number of carbonyl (C=O) groups excluding carboxylic acids is 7. The minimum absolute atomic E-state index is 0.0856. The number of rotatable bonds is 16. The topological polar surface area (TPSA) is 252 Å². The van der Waals surface area contributed by atoms with Crippen LogP contribution in [0.1, 0.15) is 48.5 Å². The van der Waals surface area contributed by atoms with Gasteiger partial charge in [-0.3, -0.25) is 33.6 Å². The van der Waals surface area contributed by atoms with E-state index in [1.165, 1.54) is 0 Å². The van der Waals surface area contributed by atoms with Crippen LogP contribution in [0.25, 0.3) is 0 Å². The molecule has 2 rings (SSSR count). The lowest BCUT2D eigenvalue weighted by Gasteiger charge is -2.48. The summed E-state index contributed by atoms with van der Waals surface area (Å²) in [4.78, 5) is 85.3. The van der Waals surface area contributed by atoms with Gasteiger partial charge in [0.1, 0.15) is 37.0 Å². The Morgan fingerprint density at radius 3 is 1.43 bits per heavy atom. The molecule has 0 aromatic carbocycles. The van der Waals surface area contributed by atoms with Gasteiger partial charge in [0.25, 0.3) is 0 Å². The third kappa shape index (κ3) is 14.0. The number of aliphatic hydroxyl groups excluding tert-OH is 2. The van der Waals surface area contributed by atoms with E-state index in [4.69, 9.17) is 47.4 Å². The van der Waals surface area contributed by atoms with Gasteiger partial charge in [0.15, 0.2) is 36.8 Å². The zero-order valence-corrected chi connectivity index (χ0v) is 30.7. The third-order valence-corrected chi connectivity index (χ3v) is 8.56. The molecule has 0 aromatic heterocycles. The van der Waals surface area contributed by atoms with Crippen LogP contribution in [0.4, 0.5) is 0 Å². The van der Waals surface area contributed by atoms with Gasteiger partial charge in [0.2, 0.25) is 0 Å². The van der Waals surface area contributed by atoms with Crippen LogP contribution >= 0.6 is 24.4 Å². The Morgan fingerprint density at radius 2 is 0.980 bits per heavy atom. The van der Waals surface area contributed by atoms with Crippen molar-refractivity contribution < 1.29 is 91.1 Å². The number of thiol groups is 1. The van der Waals surface area contributed by atoms with E-state index in [0.717, 1.165) is 60.2 Å². The smallest absolute Gasteiger partial charge is 0.303 e. The molecule has 2 N–H and O–H groups in total. The Hall–Kier alpha value is -3.21. The number of carbonyl (C=O) groups is 7. The minimum Gasteiger partial charge on any atom is -0.463 e. The van der Waals surface area contributed by atoms with Crippen molar-refractivity contribution in [3.05, 3.63) is 0 Å². The van der Waals surface area contributed by atoms with Crippen molar-refractivity contribution in [2.75, 3.05) is 24.7 Å². The van der Waals surface area contributed by atoms with Crippen LogP contribution in [0, 0.1) is 0 Å². The van der Waals surface area contributed by atoms with E-state index in [2.05, 4.69) is 12.6 Å². The Bertz CT molecular complexity index is 1250. The van der Waals surface area contributed by atoms with E-state index in [1.807, 2.05) is 0 Å². The lowest BCUT2D eigenvalue weighted by atomic mass is 9.96. The van der Waals surface area contributed by atoms with E-state index in [1.54, 1.807) is 0 Å². The summed E-state index contributed by atoms with van der Waals surface area (Å²) < 4.78 is 56.2. The average Bonchev–Trinajstić information content (AvgIpc) is 3.01. The molecule has 2 unspecified atom stereocenters. The molecule has 0 saturated carbocycles. The summed E-state index contributed by atoms with van der Waals surface area (Å²) in [5, 5.41) is 20.4. The zero-order valence-electron chi connectivity index (χ0n) is 28.9. The molecule has 0 aliphatic carbocycles. The quantitative estimate of drug-likeness (QED) is 0.0965. The molecular weight excluding hydrogens is 728 g/mol. The van der Waals surface area contributed by atoms with E-state index in [0.29, 0.717) is 0 Å². The van der Waals surface area contributed by atoms with Crippen molar-refractivity contribution in [3.8, 4) is 0 Å². The Morgan fingerprint density at radius 1 is 0.569 bits per heavy atom. The van der Waals surface area contributed by atoms with Gasteiger partial charge in [-0.1, -0.05) is 0 Å². The van der Waals surface area contributed by atoms with Gasteiger partial charge in [-0.25, -0.2) is 0 Å². The maximum Gasteiger partial charge on any atom is 0.303 e. The van der Waals surface area contributed by atoms with Crippen molar-refractivity contribution in [2.45, 2.75) is 121 Å². The number of hydrogen-bond acceptors (Lipinski definition) is 21. The summed E-state index contributed by atoms with van der Waals surface area (Å²) >= 11 is 4.83. The molecule has 0 amide bonds. The summed E-state index contributed by atoms with van der Waals surface area (Å²) in [5.74, 6) is -6.26. The molecule has 0 spiro atoms. The highest BCUT2D eigenvalue weighted by molar-refractivity contribution is 7.99. The van der Waals surface area contributed by atoms with E-state index >= 15 is 0 Å². The summed E-state index contributed by atoms with van der Waals surface area (Å²) in [7, 11) is 0. The molecule has 19 nitrogen and oxygen atoms in total. The third-order valence-electron chi connectivity index (χ3n) is 6.95. The monoisotopic (exact) mass is 772 g/mol. The van der Waals surface area contributed by atoms with Gasteiger partial charge in [-0.15, -0.1) is 11.8 Å². The predicted octanol–water partition coefficient (Wildman–Crippen LogP) is -1.01. The average molecular weight is 773 g/mol. The maximum atomic E-state index is 12.5. The first kappa shape index (κ1) is 44.0. The number of thioether (sulfide) groups is 1. The fourth-order valence-electron chi connectivity index (χ4n) is 5.03. The van der Waals surface area contributed by atoms with E-state index in [-0.39, 0.29) is 11.5 Å². The van der Waals surface area contributed by atoms with Crippen molar-refractivity contribution in [1.29, 1.82) is 0 Å². The lowest BCUT2D eigenvalue weighted by molar-refractivity contribution is -0.341. The van der Waals surface area contributed by atoms with Gasteiger partial charge in [0, 0.05) is 60.0 Å². The molecular formula is C30H44O19S2. The van der Waals surface area contributed by atoms with Crippen LogP contribution in [0.15, 0.2) is 0 Å². The number of ether oxygens (including phenoxy) is 10. The molecule has 2 aliphatic rings. The van der Waals surface area contributed by atoms with Gasteiger partial charge in [-0.2, -0.15) is 12.6 Å². The first-order valence-corrected chi connectivity index (χ1v) is 17.2. The standard InChI is InChI=1S/C30H44O19S2/c1-12(31)40-8-21-23(42-14(3)33)25(43-15(4)34)27(45-17(6)36)29(47-21)49-24-22(9-41-13(2)32)48-30(51-11-20(39)19(38)10-50)28(46-18(7)37)26(24)44-16(5)35/h19-30,38-39,50H,8-11H2,1-7H3/t19?,20?,21-,22-,23-,24-,25+,26+,27-,28-,29-,30+/m1/s1. The predicted molar refractivity (Wildman–Crippen MR) is 172 cm³/mol. The van der Waals surface area contributed by atoms with E-state index in [9.17, 15) is 43.8 Å². The second kappa shape index (κ2) is 20.7. The van der Waals surface area contributed by atoms with Crippen molar-refractivity contribution in [2.24, 2.45) is 0 Å². The SMILES string of the molecule is CC(=O)OC[C@H]1O[C@@H](SCC(O)C(O)CS)[C@H](OC(C)=O)[C@@H](OC(C)=O)[C@@H]1O[C@H]1O[C@H](COC(C)=O)[C@@H](OC(C)=O)[C@H](OC(C)=O)[C@H]1OC(C)=O. The van der Waals surface area contributed by atoms with Crippen LogP contribution < -0.4 is 0 Å². The fourth-order valence-corrected chi connectivity index (χ4v) is 6.51. The summed E-state index contributed by atoms with van der Waals surface area (Å²) in [5.41, 5.74) is -1.24. The molecule has 0 radical (unpaired) electrons. The van der Waals surface area contributed by atoms with Crippen LogP contribution in [0.3, 0.4) is 0 Å². The highest BCUT2D eigenvalue weighted by atomic mass is 32.2. The maximum absolute atomic E-state index is 12.5. The second-order valence-electron chi connectivity index (χ2n) is 11.3. The molecule has 2 fully saturated rings. The molecule has 2 saturated heterocycles. The lowest BCUT2D eigenvalue weighted by Crippen LogP contribution is -2.66. The fraction of sp³-hybridized carbons (Fsp3) is 0.767. The molecule has 12 atom stereocenters. The highest BCUT2D eigenvalue weighted by Gasteiger charge is 2.57. The Kier molecular flexibility index (Phi) is 17.9. The van der Waals surface area contributed by atoms with Crippen molar-refractivity contribution in [1.82, 2.24) is 0 Å². The van der Waals surface area contributed by atoms with Crippen molar-refractivity contribution >= 4 is 66.2 Å². The van der Waals surface area contributed by atoms with Gasteiger partial charge >= 0.3 is 41.8 Å². The zero-order chi connectivity index (χ0) is 38.6. The van der Waals surface area contributed by atoms with E-state index < -0.39 is 128 Å². The number of hydrogen-bond donors (Lipinski definition) is 3. The normalized spacial score (nSPS) is 30.1. The van der Waals surface area contributed by atoms with Crippen molar-refractivity contribution in [3.63, 3.8) is 0 Å². The molecule has 290 valence electrons. The van der Waals surface area contributed by atoms with Crippen LogP contribution in [0.5, 0.6) is 0 Å². The highest BCUT2D eigenvalue weighted by Crippen LogP contribution is 2.38. The second-order valence-corrected chi connectivity index (χ2v) is 12.8. The molecule has 2 heterocycles. The largest absolute Gasteiger partial charge is 0.463 e. The Balaban J connectivity index is 2.72. The molecule has 51 heavy (non-hydrogen) atoms. The van der Waals surface area contributed by atoms with Crippen LogP contribution in [-0.4, -0.2) is 149 Å². The van der Waals surface area contributed by atoms with Crippen LogP contribution in [0.2, 0.25) is 0 Å².